The van der Waals surface area contributed by atoms with Crippen LogP contribution in [0, 0.1) is 11.3 Å². The van der Waals surface area contributed by atoms with Crippen molar-refractivity contribution in [1.82, 2.24) is 0 Å². The Morgan fingerprint density at radius 2 is 1.65 bits per heavy atom. The average molecular weight is 441 g/mol. The van der Waals surface area contributed by atoms with Crippen LogP contribution in [0.5, 0.6) is 0 Å². The van der Waals surface area contributed by atoms with Gasteiger partial charge >= 0.3 is 0 Å². The highest BCUT2D eigenvalue weighted by molar-refractivity contribution is 6.95. The lowest BCUT2D eigenvalue weighted by atomic mass is 9.63. The van der Waals surface area contributed by atoms with Gasteiger partial charge in [-0.2, -0.15) is 0 Å². The normalized spacial score (nSPS) is 33.8. The minimum Gasteiger partial charge on any atom is -0.374 e. The summed E-state index contributed by atoms with van der Waals surface area (Å²) in [5, 5.41) is 1.60. The molecule has 0 aromatic heterocycles. The number of ether oxygens (including phenoxy) is 1. The number of carbonyl (C=O) groups excluding carboxylic acids is 1. The molecule has 2 nitrogen and oxygen atoms in total. The zero-order valence-corrected chi connectivity index (χ0v) is 22.2. The molecule has 2 aliphatic carbocycles. The number of hydrogen-bond acceptors (Lipinski definition) is 2. The van der Waals surface area contributed by atoms with Gasteiger partial charge in [0.15, 0.2) is 0 Å². The Labute approximate surface area is 191 Å². The van der Waals surface area contributed by atoms with Crippen LogP contribution in [-0.2, 0) is 14.9 Å². The summed E-state index contributed by atoms with van der Waals surface area (Å²) in [5.74, 6) is 1.01. The Hall–Kier alpha value is -0.933. The minimum absolute atomic E-state index is 0.175. The molecular formula is C28H44O2Si. The van der Waals surface area contributed by atoms with E-state index in [0.29, 0.717) is 28.3 Å². The fourth-order valence-electron chi connectivity index (χ4n) is 8.27. The van der Waals surface area contributed by atoms with Gasteiger partial charge in [-0.05, 0) is 66.1 Å². The van der Waals surface area contributed by atoms with Gasteiger partial charge in [-0.15, -0.1) is 0 Å². The first-order valence-corrected chi connectivity index (χ1v) is 14.9. The highest BCUT2D eigenvalue weighted by Crippen LogP contribution is 2.67. The predicted molar refractivity (Wildman–Crippen MR) is 133 cm³/mol. The molecule has 0 unspecified atom stereocenters. The van der Waals surface area contributed by atoms with E-state index in [1.807, 2.05) is 0 Å². The summed E-state index contributed by atoms with van der Waals surface area (Å²) in [6.07, 6.45) is 5.04. The fourth-order valence-corrected chi connectivity index (χ4v) is 15.3. The molecule has 1 heterocycles. The summed E-state index contributed by atoms with van der Waals surface area (Å²) in [6, 6.07) is 9.71. The summed E-state index contributed by atoms with van der Waals surface area (Å²) in [7, 11) is -1.93. The van der Waals surface area contributed by atoms with Gasteiger partial charge < -0.3 is 4.74 Å². The smallest absolute Gasteiger partial charge is 0.141 e. The Morgan fingerprint density at radius 1 is 1.03 bits per heavy atom. The summed E-state index contributed by atoms with van der Waals surface area (Å²) in [4.78, 5) is 13.1. The Balaban J connectivity index is 1.81. The van der Waals surface area contributed by atoms with Crippen molar-refractivity contribution in [2.24, 2.45) is 11.3 Å². The number of benzene rings is 1. The van der Waals surface area contributed by atoms with Crippen molar-refractivity contribution in [3.8, 4) is 0 Å². The number of carbonyl (C=O) groups is 1. The van der Waals surface area contributed by atoms with Crippen LogP contribution in [-0.4, -0.2) is 26.1 Å². The second kappa shape index (κ2) is 7.55. The molecule has 3 aliphatic rings. The molecule has 1 saturated heterocycles. The molecule has 172 valence electrons. The predicted octanol–water partition coefficient (Wildman–Crippen LogP) is 6.77. The van der Waals surface area contributed by atoms with E-state index in [1.165, 1.54) is 12.0 Å². The number of ketones is 1. The van der Waals surface area contributed by atoms with Crippen LogP contribution in [0.25, 0.3) is 0 Å². The summed E-state index contributed by atoms with van der Waals surface area (Å²) in [6.45, 7) is 19.9. The number of hydrogen-bond donors (Lipinski definition) is 0. The maximum Gasteiger partial charge on any atom is 0.141 e. The molecule has 0 N–H and O–H groups in total. The van der Waals surface area contributed by atoms with E-state index in [9.17, 15) is 4.79 Å². The van der Waals surface area contributed by atoms with E-state index in [4.69, 9.17) is 4.74 Å². The molecule has 1 aromatic rings. The van der Waals surface area contributed by atoms with Gasteiger partial charge in [0.25, 0.3) is 0 Å². The van der Waals surface area contributed by atoms with E-state index >= 15 is 0 Å². The number of Topliss-reactive ketones (excluding diaryl/α,β-unsaturated/α-hetero) is 1. The lowest BCUT2D eigenvalue weighted by molar-refractivity contribution is -0.156. The van der Waals surface area contributed by atoms with E-state index in [0.717, 1.165) is 32.3 Å². The standard InChI is InChI=1S/C28H44O2Si/c1-19(2)31(20(3)4,22-13-11-21(12-14-22)26(5,6)7)24-18-30-28-16-9-10-25(29)27(28,8)17-15-23(24)28/h11-14,19-20,23-24H,9-10,15-18H2,1-8H3/t23-,24-,27-,28+/m1/s1. The lowest BCUT2D eigenvalue weighted by Gasteiger charge is -2.49. The van der Waals surface area contributed by atoms with Gasteiger partial charge in [-0.3, -0.25) is 4.79 Å². The van der Waals surface area contributed by atoms with Crippen LogP contribution < -0.4 is 5.19 Å². The Kier molecular flexibility index (Phi) is 5.66. The molecule has 0 radical (unpaired) electrons. The second-order valence-electron chi connectivity index (χ2n) is 12.6. The largest absolute Gasteiger partial charge is 0.374 e. The molecule has 31 heavy (non-hydrogen) atoms. The third kappa shape index (κ3) is 3.09. The van der Waals surface area contributed by atoms with Crippen molar-refractivity contribution < 1.29 is 9.53 Å². The zero-order chi connectivity index (χ0) is 22.8. The first-order chi connectivity index (χ1) is 14.4. The molecule has 1 spiro atoms. The summed E-state index contributed by atoms with van der Waals surface area (Å²) < 4.78 is 6.87. The molecule has 4 rings (SSSR count). The van der Waals surface area contributed by atoms with Crippen molar-refractivity contribution >= 4 is 19.0 Å². The van der Waals surface area contributed by atoms with Crippen LogP contribution in [0.4, 0.5) is 0 Å². The van der Waals surface area contributed by atoms with Gasteiger partial charge in [0, 0.05) is 13.0 Å². The zero-order valence-electron chi connectivity index (χ0n) is 21.2. The molecule has 1 aromatic carbocycles. The Bertz CT molecular complexity index is 826. The van der Waals surface area contributed by atoms with Gasteiger partial charge in [0.05, 0.1) is 19.1 Å². The van der Waals surface area contributed by atoms with Crippen molar-refractivity contribution in [3.05, 3.63) is 29.8 Å². The molecule has 0 bridgehead atoms. The average Bonchev–Trinajstić information content (AvgIpc) is 3.19. The molecule has 3 fully saturated rings. The Morgan fingerprint density at radius 3 is 2.19 bits per heavy atom. The van der Waals surface area contributed by atoms with E-state index in [2.05, 4.69) is 79.7 Å². The van der Waals surface area contributed by atoms with Gasteiger partial charge in [-0.25, -0.2) is 0 Å². The molecule has 3 heteroatoms. The molecule has 2 saturated carbocycles. The van der Waals surface area contributed by atoms with Crippen LogP contribution in [0.15, 0.2) is 24.3 Å². The van der Waals surface area contributed by atoms with Crippen molar-refractivity contribution in [3.63, 3.8) is 0 Å². The molecule has 4 atom stereocenters. The lowest BCUT2D eigenvalue weighted by Crippen LogP contribution is -2.60. The van der Waals surface area contributed by atoms with Crippen LogP contribution >= 0.6 is 0 Å². The summed E-state index contributed by atoms with van der Waals surface area (Å²) >= 11 is 0. The topological polar surface area (TPSA) is 26.3 Å². The molecule has 0 amide bonds. The van der Waals surface area contributed by atoms with Crippen LogP contribution in [0.2, 0.25) is 16.6 Å². The van der Waals surface area contributed by atoms with Gasteiger partial charge in [0.1, 0.15) is 5.78 Å². The SMILES string of the molecule is CC(C)[Si](c1ccc(C(C)(C)C)cc1)(C(C)C)[C@@H]1CO[C@]23CCCC(=O)[C@@]2(C)CC[C@H]13. The van der Waals surface area contributed by atoms with Crippen molar-refractivity contribution in [2.75, 3.05) is 6.61 Å². The third-order valence-corrected chi connectivity index (χ3v) is 16.8. The molecular weight excluding hydrogens is 396 g/mol. The van der Waals surface area contributed by atoms with E-state index < -0.39 is 8.07 Å². The first-order valence-electron chi connectivity index (χ1n) is 12.7. The van der Waals surface area contributed by atoms with Gasteiger partial charge in [-0.1, -0.05) is 77.9 Å². The minimum atomic E-state index is -1.93. The van der Waals surface area contributed by atoms with Crippen molar-refractivity contribution in [1.29, 1.82) is 0 Å². The summed E-state index contributed by atoms with van der Waals surface area (Å²) in [5.41, 5.74) is 3.02. The van der Waals surface area contributed by atoms with E-state index in [1.54, 1.807) is 5.19 Å². The second-order valence-corrected chi connectivity index (χ2v) is 18.1. The number of rotatable bonds is 4. The maximum atomic E-state index is 13.1. The fraction of sp³-hybridized carbons (Fsp3) is 0.750. The quantitative estimate of drug-likeness (QED) is 0.483. The van der Waals surface area contributed by atoms with E-state index in [-0.39, 0.29) is 16.4 Å². The van der Waals surface area contributed by atoms with Crippen LogP contribution in [0.3, 0.4) is 0 Å². The monoisotopic (exact) mass is 440 g/mol. The maximum absolute atomic E-state index is 13.1. The molecule has 1 aliphatic heterocycles. The highest BCUT2D eigenvalue weighted by atomic mass is 28.3. The highest BCUT2D eigenvalue weighted by Gasteiger charge is 2.70. The first kappa shape index (κ1) is 23.2. The van der Waals surface area contributed by atoms with Crippen LogP contribution in [0.1, 0.15) is 93.1 Å². The van der Waals surface area contributed by atoms with Crippen molar-refractivity contribution in [2.45, 2.75) is 115 Å². The van der Waals surface area contributed by atoms with Gasteiger partial charge in [0.2, 0.25) is 0 Å². The third-order valence-electron chi connectivity index (χ3n) is 9.84.